The molecule has 0 spiro atoms. The van der Waals surface area contributed by atoms with Gasteiger partial charge in [-0.25, -0.2) is 0 Å². The number of nitrogens with zero attached hydrogens (tertiary/aromatic N) is 1. The first-order valence-corrected chi connectivity index (χ1v) is 5.89. The molecule has 2 aromatic rings. The number of nitrogens with two attached hydrogens (primary N) is 1. The Bertz CT molecular complexity index is 489. The quantitative estimate of drug-likeness (QED) is 0.874. The summed E-state index contributed by atoms with van der Waals surface area (Å²) in [6.07, 6.45) is 2.73. The first-order valence-electron chi connectivity index (χ1n) is 5.89. The first kappa shape index (κ1) is 11.8. The van der Waals surface area contributed by atoms with E-state index in [9.17, 15) is 0 Å². The lowest BCUT2D eigenvalue weighted by atomic mass is 9.98. The van der Waals surface area contributed by atoms with E-state index in [0.717, 1.165) is 17.7 Å². The Balaban J connectivity index is 2.14. The SMILES string of the molecule is Cc1ccc(C(N)Cc2ccccc2C)cn1. The van der Waals surface area contributed by atoms with Gasteiger partial charge in [-0.1, -0.05) is 30.3 Å². The largest absolute Gasteiger partial charge is 0.324 e. The van der Waals surface area contributed by atoms with Crippen LogP contribution in [0.3, 0.4) is 0 Å². The molecule has 1 aromatic carbocycles. The molecule has 0 saturated carbocycles. The lowest BCUT2D eigenvalue weighted by Crippen LogP contribution is -2.14. The van der Waals surface area contributed by atoms with Crippen molar-refractivity contribution in [1.82, 2.24) is 4.98 Å². The molecule has 2 N–H and O–H groups in total. The van der Waals surface area contributed by atoms with Gasteiger partial charge in [0.25, 0.3) is 0 Å². The van der Waals surface area contributed by atoms with E-state index in [1.807, 2.05) is 19.2 Å². The highest BCUT2D eigenvalue weighted by atomic mass is 14.7. The zero-order valence-corrected chi connectivity index (χ0v) is 10.4. The molecule has 0 amide bonds. The van der Waals surface area contributed by atoms with Gasteiger partial charge in [0.1, 0.15) is 0 Å². The predicted molar refractivity (Wildman–Crippen MR) is 70.8 cm³/mol. The van der Waals surface area contributed by atoms with E-state index in [-0.39, 0.29) is 6.04 Å². The number of pyridine rings is 1. The van der Waals surface area contributed by atoms with E-state index in [4.69, 9.17) is 5.73 Å². The molecular weight excluding hydrogens is 208 g/mol. The maximum absolute atomic E-state index is 6.21. The molecule has 0 saturated heterocycles. The molecule has 0 radical (unpaired) electrons. The fraction of sp³-hybridized carbons (Fsp3) is 0.267. The summed E-state index contributed by atoms with van der Waals surface area (Å²) < 4.78 is 0. The average Bonchev–Trinajstić information content (AvgIpc) is 2.33. The number of benzene rings is 1. The van der Waals surface area contributed by atoms with Crippen LogP contribution in [0.25, 0.3) is 0 Å². The number of aromatic nitrogens is 1. The smallest absolute Gasteiger partial charge is 0.0372 e. The van der Waals surface area contributed by atoms with E-state index in [2.05, 4.69) is 42.2 Å². The van der Waals surface area contributed by atoms with Crippen molar-refractivity contribution >= 4 is 0 Å². The Morgan fingerprint density at radius 2 is 1.88 bits per heavy atom. The van der Waals surface area contributed by atoms with Crippen LogP contribution >= 0.6 is 0 Å². The predicted octanol–water partition coefficient (Wildman–Crippen LogP) is 2.94. The van der Waals surface area contributed by atoms with Crippen molar-refractivity contribution in [3.63, 3.8) is 0 Å². The summed E-state index contributed by atoms with van der Waals surface area (Å²) in [5, 5.41) is 0. The highest BCUT2D eigenvalue weighted by molar-refractivity contribution is 5.28. The van der Waals surface area contributed by atoms with Crippen LogP contribution in [0, 0.1) is 13.8 Å². The molecule has 1 atom stereocenters. The van der Waals surface area contributed by atoms with Crippen LogP contribution in [-0.2, 0) is 6.42 Å². The highest BCUT2D eigenvalue weighted by Crippen LogP contribution is 2.17. The van der Waals surface area contributed by atoms with Crippen molar-refractivity contribution in [2.75, 3.05) is 0 Å². The Morgan fingerprint density at radius 3 is 2.53 bits per heavy atom. The second-order valence-electron chi connectivity index (χ2n) is 4.47. The van der Waals surface area contributed by atoms with Gasteiger partial charge >= 0.3 is 0 Å². The lowest BCUT2D eigenvalue weighted by molar-refractivity contribution is 0.714. The van der Waals surface area contributed by atoms with Gasteiger partial charge in [0.2, 0.25) is 0 Å². The summed E-state index contributed by atoms with van der Waals surface area (Å²) in [5.74, 6) is 0. The molecule has 2 nitrogen and oxygen atoms in total. The average molecular weight is 226 g/mol. The maximum Gasteiger partial charge on any atom is 0.0372 e. The van der Waals surface area contributed by atoms with Gasteiger partial charge in [-0.3, -0.25) is 4.98 Å². The number of aryl methyl sites for hydroxylation is 2. The minimum Gasteiger partial charge on any atom is -0.324 e. The fourth-order valence-electron chi connectivity index (χ4n) is 1.89. The minimum absolute atomic E-state index is 0.0178. The Morgan fingerprint density at radius 1 is 1.12 bits per heavy atom. The first-order chi connectivity index (χ1) is 8.16. The second-order valence-corrected chi connectivity index (χ2v) is 4.47. The van der Waals surface area contributed by atoms with E-state index in [0.29, 0.717) is 0 Å². The summed E-state index contributed by atoms with van der Waals surface area (Å²) in [4.78, 5) is 4.28. The molecule has 0 aliphatic rings. The van der Waals surface area contributed by atoms with E-state index in [1.54, 1.807) is 0 Å². The third-order valence-electron chi connectivity index (χ3n) is 3.06. The van der Waals surface area contributed by atoms with E-state index < -0.39 is 0 Å². The molecule has 1 heterocycles. The monoisotopic (exact) mass is 226 g/mol. The van der Waals surface area contributed by atoms with Crippen molar-refractivity contribution in [2.24, 2.45) is 5.73 Å². The van der Waals surface area contributed by atoms with Crippen molar-refractivity contribution in [3.8, 4) is 0 Å². The second kappa shape index (κ2) is 5.11. The topological polar surface area (TPSA) is 38.9 Å². The van der Waals surface area contributed by atoms with Crippen molar-refractivity contribution in [3.05, 3.63) is 65.0 Å². The van der Waals surface area contributed by atoms with Crippen LogP contribution < -0.4 is 5.73 Å². The third-order valence-corrected chi connectivity index (χ3v) is 3.06. The molecule has 0 fully saturated rings. The van der Waals surface area contributed by atoms with Gasteiger partial charge in [0.05, 0.1) is 0 Å². The Hall–Kier alpha value is -1.67. The zero-order chi connectivity index (χ0) is 12.3. The summed E-state index contributed by atoms with van der Waals surface area (Å²) in [7, 11) is 0. The van der Waals surface area contributed by atoms with Gasteiger partial charge < -0.3 is 5.73 Å². The van der Waals surface area contributed by atoms with Gasteiger partial charge in [-0.2, -0.15) is 0 Å². The number of rotatable bonds is 3. The molecule has 88 valence electrons. The van der Waals surface area contributed by atoms with Crippen molar-refractivity contribution in [2.45, 2.75) is 26.3 Å². The number of hydrogen-bond donors (Lipinski definition) is 1. The Kier molecular flexibility index (Phi) is 3.55. The normalized spacial score (nSPS) is 12.4. The van der Waals surface area contributed by atoms with Crippen LogP contribution in [0.2, 0.25) is 0 Å². The molecule has 1 unspecified atom stereocenters. The van der Waals surface area contributed by atoms with Crippen LogP contribution in [-0.4, -0.2) is 4.98 Å². The molecule has 2 heteroatoms. The molecule has 1 aromatic heterocycles. The van der Waals surface area contributed by atoms with Crippen LogP contribution in [0.1, 0.15) is 28.4 Å². The van der Waals surface area contributed by atoms with Crippen LogP contribution in [0.4, 0.5) is 0 Å². The summed E-state index contributed by atoms with van der Waals surface area (Å²) >= 11 is 0. The molecule has 2 rings (SSSR count). The van der Waals surface area contributed by atoms with Gasteiger partial charge in [0.15, 0.2) is 0 Å². The molecule has 0 bridgehead atoms. The van der Waals surface area contributed by atoms with Crippen molar-refractivity contribution < 1.29 is 0 Å². The highest BCUT2D eigenvalue weighted by Gasteiger charge is 2.08. The fourth-order valence-corrected chi connectivity index (χ4v) is 1.89. The summed E-state index contributed by atoms with van der Waals surface area (Å²) in [6.45, 7) is 4.10. The van der Waals surface area contributed by atoms with Gasteiger partial charge in [0, 0.05) is 17.9 Å². The molecule has 0 aliphatic carbocycles. The standard InChI is InChI=1S/C15H18N2/c1-11-5-3-4-6-13(11)9-15(16)14-8-7-12(2)17-10-14/h3-8,10,15H,9,16H2,1-2H3. The van der Waals surface area contributed by atoms with Gasteiger partial charge in [-0.05, 0) is 43.0 Å². The summed E-state index contributed by atoms with van der Waals surface area (Å²) in [5.41, 5.74) is 10.9. The zero-order valence-electron chi connectivity index (χ0n) is 10.4. The third kappa shape index (κ3) is 2.92. The van der Waals surface area contributed by atoms with Crippen molar-refractivity contribution in [1.29, 1.82) is 0 Å². The Labute approximate surface area is 103 Å². The van der Waals surface area contributed by atoms with Crippen LogP contribution in [0.15, 0.2) is 42.6 Å². The van der Waals surface area contributed by atoms with E-state index >= 15 is 0 Å². The lowest BCUT2D eigenvalue weighted by Gasteiger charge is -2.13. The maximum atomic E-state index is 6.21. The number of hydrogen-bond acceptors (Lipinski definition) is 2. The van der Waals surface area contributed by atoms with E-state index in [1.165, 1.54) is 11.1 Å². The molecule has 17 heavy (non-hydrogen) atoms. The minimum atomic E-state index is 0.0178. The molecule has 0 aliphatic heterocycles. The molecular formula is C15H18N2. The van der Waals surface area contributed by atoms with Crippen LogP contribution in [0.5, 0.6) is 0 Å². The summed E-state index contributed by atoms with van der Waals surface area (Å²) in [6, 6.07) is 12.5. The van der Waals surface area contributed by atoms with Gasteiger partial charge in [-0.15, -0.1) is 0 Å².